The average molecular weight is 370 g/mol. The Morgan fingerprint density at radius 2 is 1.81 bits per heavy atom. The van der Waals surface area contributed by atoms with Crippen molar-refractivity contribution in [2.24, 2.45) is 0 Å². The number of phenolic OH excluding ortho intramolecular Hbond substituents is 1. The van der Waals surface area contributed by atoms with Gasteiger partial charge in [-0.05, 0) is 36.8 Å². The molecule has 1 aliphatic heterocycles. The van der Waals surface area contributed by atoms with E-state index in [9.17, 15) is 9.90 Å². The molecule has 2 aromatic rings. The molecule has 0 aromatic heterocycles. The second kappa shape index (κ2) is 8.31. The summed E-state index contributed by atoms with van der Waals surface area (Å²) in [6.45, 7) is 5.30. The lowest BCUT2D eigenvalue weighted by Crippen LogP contribution is -2.48. The van der Waals surface area contributed by atoms with E-state index < -0.39 is 0 Å². The summed E-state index contributed by atoms with van der Waals surface area (Å²) < 4.78 is 10.8. The zero-order valence-corrected chi connectivity index (χ0v) is 16.1. The summed E-state index contributed by atoms with van der Waals surface area (Å²) in [5.41, 5.74) is 2.15. The first kappa shape index (κ1) is 19.0. The van der Waals surface area contributed by atoms with Crippen molar-refractivity contribution in [1.29, 1.82) is 0 Å². The van der Waals surface area contributed by atoms with Crippen molar-refractivity contribution in [1.82, 2.24) is 9.80 Å². The summed E-state index contributed by atoms with van der Waals surface area (Å²) in [7, 11) is 3.31. The molecule has 0 bridgehead atoms. The number of carbonyl (C=O) groups excluding carboxylic acids is 1. The van der Waals surface area contributed by atoms with Gasteiger partial charge in [0.05, 0.1) is 19.8 Å². The number of aryl methyl sites for hydroxylation is 1. The molecular formula is C21H26N2O4. The lowest BCUT2D eigenvalue weighted by Gasteiger charge is -2.35. The summed E-state index contributed by atoms with van der Waals surface area (Å²) in [4.78, 5) is 16.8. The average Bonchev–Trinajstić information content (AvgIpc) is 2.70. The maximum atomic E-state index is 12.7. The van der Waals surface area contributed by atoms with Crippen molar-refractivity contribution >= 4 is 5.91 Å². The Morgan fingerprint density at radius 3 is 2.48 bits per heavy atom. The summed E-state index contributed by atoms with van der Waals surface area (Å²) in [6, 6.07) is 11.1. The molecule has 1 aliphatic rings. The highest BCUT2D eigenvalue weighted by Gasteiger charge is 2.24. The molecule has 1 N–H and O–H groups in total. The Kier molecular flexibility index (Phi) is 5.86. The summed E-state index contributed by atoms with van der Waals surface area (Å²) in [6.07, 6.45) is 0. The van der Waals surface area contributed by atoms with Crippen LogP contribution in [0.1, 0.15) is 21.5 Å². The molecule has 6 heteroatoms. The number of rotatable bonds is 5. The van der Waals surface area contributed by atoms with Gasteiger partial charge in [0.2, 0.25) is 0 Å². The van der Waals surface area contributed by atoms with Crippen molar-refractivity contribution < 1.29 is 19.4 Å². The van der Waals surface area contributed by atoms with Crippen LogP contribution in [0, 0.1) is 6.92 Å². The van der Waals surface area contributed by atoms with Crippen molar-refractivity contribution in [3.8, 4) is 17.2 Å². The van der Waals surface area contributed by atoms with Gasteiger partial charge in [-0.3, -0.25) is 9.69 Å². The molecule has 0 saturated carbocycles. The van der Waals surface area contributed by atoms with Crippen LogP contribution in [0.2, 0.25) is 0 Å². The van der Waals surface area contributed by atoms with Crippen LogP contribution in [0.15, 0.2) is 36.4 Å². The number of ether oxygens (including phenoxy) is 2. The van der Waals surface area contributed by atoms with Gasteiger partial charge in [0.1, 0.15) is 17.2 Å². The minimum absolute atomic E-state index is 0.0750. The standard InChI is InChI=1S/C21H26N2O4/c1-15-5-4-6-18(20(15)24)21(25)23-11-9-22(10-12-23)14-16-13-17(26-2)7-8-19(16)27-3/h4-8,13,24H,9-12,14H2,1-3H3. The first-order valence-corrected chi connectivity index (χ1v) is 9.04. The fourth-order valence-corrected chi connectivity index (χ4v) is 3.36. The van der Waals surface area contributed by atoms with Crippen molar-refractivity contribution in [2.75, 3.05) is 40.4 Å². The van der Waals surface area contributed by atoms with Gasteiger partial charge >= 0.3 is 0 Å². The normalized spacial score (nSPS) is 14.9. The number of benzene rings is 2. The lowest BCUT2D eigenvalue weighted by atomic mass is 10.1. The van der Waals surface area contributed by atoms with Gasteiger partial charge in [-0.15, -0.1) is 0 Å². The van der Waals surface area contributed by atoms with Crippen LogP contribution in [0.5, 0.6) is 17.2 Å². The fourth-order valence-electron chi connectivity index (χ4n) is 3.36. The topological polar surface area (TPSA) is 62.2 Å². The second-order valence-electron chi connectivity index (χ2n) is 6.72. The monoisotopic (exact) mass is 370 g/mol. The smallest absolute Gasteiger partial charge is 0.257 e. The zero-order valence-electron chi connectivity index (χ0n) is 16.1. The number of amides is 1. The third-order valence-electron chi connectivity index (χ3n) is 5.01. The Labute approximate surface area is 159 Å². The molecule has 144 valence electrons. The number of methoxy groups -OCH3 is 2. The number of carbonyl (C=O) groups is 1. The second-order valence-corrected chi connectivity index (χ2v) is 6.72. The van der Waals surface area contributed by atoms with E-state index in [1.807, 2.05) is 18.2 Å². The third kappa shape index (κ3) is 4.17. The van der Waals surface area contributed by atoms with E-state index in [-0.39, 0.29) is 11.7 Å². The van der Waals surface area contributed by atoms with Crippen molar-refractivity contribution in [3.63, 3.8) is 0 Å². The summed E-state index contributed by atoms with van der Waals surface area (Å²) >= 11 is 0. The minimum Gasteiger partial charge on any atom is -0.507 e. The molecule has 1 amide bonds. The highest BCUT2D eigenvalue weighted by molar-refractivity contribution is 5.97. The van der Waals surface area contributed by atoms with Crippen LogP contribution < -0.4 is 9.47 Å². The van der Waals surface area contributed by atoms with Gasteiger partial charge < -0.3 is 19.5 Å². The Morgan fingerprint density at radius 1 is 1.07 bits per heavy atom. The maximum absolute atomic E-state index is 12.7. The lowest BCUT2D eigenvalue weighted by molar-refractivity contribution is 0.0624. The Balaban J connectivity index is 1.64. The van der Waals surface area contributed by atoms with Crippen LogP contribution in [-0.2, 0) is 6.54 Å². The van der Waals surface area contributed by atoms with Gasteiger partial charge in [0.25, 0.3) is 5.91 Å². The Hall–Kier alpha value is -2.73. The molecule has 6 nitrogen and oxygen atoms in total. The number of nitrogens with zero attached hydrogens (tertiary/aromatic N) is 2. The first-order chi connectivity index (χ1) is 13.0. The highest BCUT2D eigenvalue weighted by atomic mass is 16.5. The highest BCUT2D eigenvalue weighted by Crippen LogP contribution is 2.26. The molecule has 0 aliphatic carbocycles. The van der Waals surface area contributed by atoms with Crippen LogP contribution in [0.3, 0.4) is 0 Å². The van der Waals surface area contributed by atoms with E-state index in [2.05, 4.69) is 4.90 Å². The van der Waals surface area contributed by atoms with E-state index in [4.69, 9.17) is 9.47 Å². The Bertz CT molecular complexity index is 814. The van der Waals surface area contributed by atoms with E-state index in [1.165, 1.54) is 0 Å². The molecule has 0 unspecified atom stereocenters. The molecule has 0 radical (unpaired) electrons. The number of hydrogen-bond donors (Lipinski definition) is 1. The number of aromatic hydroxyl groups is 1. The van der Waals surface area contributed by atoms with Crippen LogP contribution in [0.4, 0.5) is 0 Å². The van der Waals surface area contributed by atoms with E-state index in [0.717, 1.165) is 36.7 Å². The third-order valence-corrected chi connectivity index (χ3v) is 5.01. The number of hydrogen-bond acceptors (Lipinski definition) is 5. The van der Waals surface area contributed by atoms with Gasteiger partial charge in [0.15, 0.2) is 0 Å². The first-order valence-electron chi connectivity index (χ1n) is 9.04. The van der Waals surface area contributed by atoms with Crippen molar-refractivity contribution in [3.05, 3.63) is 53.1 Å². The fraction of sp³-hybridized carbons (Fsp3) is 0.381. The minimum atomic E-state index is -0.116. The summed E-state index contributed by atoms with van der Waals surface area (Å²) in [5.74, 6) is 1.59. The van der Waals surface area contributed by atoms with Gasteiger partial charge in [0, 0.05) is 38.3 Å². The van der Waals surface area contributed by atoms with Gasteiger partial charge in [-0.2, -0.15) is 0 Å². The molecular weight excluding hydrogens is 344 g/mol. The molecule has 0 spiro atoms. The van der Waals surface area contributed by atoms with Gasteiger partial charge in [-0.1, -0.05) is 12.1 Å². The molecule has 0 atom stereocenters. The van der Waals surface area contributed by atoms with Crippen LogP contribution >= 0.6 is 0 Å². The largest absolute Gasteiger partial charge is 0.507 e. The van der Waals surface area contributed by atoms with Crippen LogP contribution in [-0.4, -0.2) is 61.2 Å². The molecule has 3 rings (SSSR count). The van der Waals surface area contributed by atoms with Gasteiger partial charge in [-0.25, -0.2) is 0 Å². The molecule has 2 aromatic carbocycles. The van der Waals surface area contributed by atoms with Crippen molar-refractivity contribution in [2.45, 2.75) is 13.5 Å². The zero-order chi connectivity index (χ0) is 19.4. The predicted octanol–water partition coefficient (Wildman–Crippen LogP) is 2.68. The quantitative estimate of drug-likeness (QED) is 0.877. The molecule has 1 saturated heterocycles. The SMILES string of the molecule is COc1ccc(OC)c(CN2CCN(C(=O)c3cccc(C)c3O)CC2)c1. The van der Waals surface area contributed by atoms with Crippen LogP contribution in [0.25, 0.3) is 0 Å². The molecule has 1 heterocycles. The molecule has 27 heavy (non-hydrogen) atoms. The van der Waals surface area contributed by atoms with E-state index in [1.54, 1.807) is 44.2 Å². The summed E-state index contributed by atoms with van der Waals surface area (Å²) in [5, 5.41) is 10.2. The van der Waals surface area contributed by atoms with E-state index >= 15 is 0 Å². The predicted molar refractivity (Wildman–Crippen MR) is 104 cm³/mol. The number of piperazine rings is 1. The number of para-hydroxylation sites is 1. The molecule has 1 fully saturated rings. The van der Waals surface area contributed by atoms with E-state index in [0.29, 0.717) is 24.2 Å². The maximum Gasteiger partial charge on any atom is 0.257 e. The number of phenols is 1.